The number of nitrogens with zero attached hydrogens (tertiary/aromatic N) is 3. The van der Waals surface area contributed by atoms with E-state index in [-0.39, 0.29) is 24.6 Å². The van der Waals surface area contributed by atoms with Gasteiger partial charge < -0.3 is 24.8 Å². The number of thiocarbonyl (C=S) groups is 1. The maximum absolute atomic E-state index is 12.4. The van der Waals surface area contributed by atoms with Gasteiger partial charge in [0.1, 0.15) is 5.75 Å². The molecule has 0 saturated carbocycles. The Morgan fingerprint density at radius 2 is 1.81 bits per heavy atom. The first-order valence-electron chi connectivity index (χ1n) is 12.3. The van der Waals surface area contributed by atoms with Crippen LogP contribution in [0.5, 0.6) is 5.75 Å². The fraction of sp³-hybridized carbons (Fsp3) is 0.207. The molecule has 1 fully saturated rings. The molecule has 2 unspecified atom stereocenters. The van der Waals surface area contributed by atoms with E-state index in [2.05, 4.69) is 57.4 Å². The number of carbonyl (C=O) groups is 1. The Hall–Kier alpha value is -4.17. The highest BCUT2D eigenvalue weighted by atomic mass is 32.1. The van der Waals surface area contributed by atoms with Crippen LogP contribution in [0.2, 0.25) is 0 Å². The molecule has 1 aliphatic heterocycles. The van der Waals surface area contributed by atoms with Gasteiger partial charge in [-0.3, -0.25) is 9.78 Å². The summed E-state index contributed by atoms with van der Waals surface area (Å²) in [6.45, 7) is 4.26. The summed E-state index contributed by atoms with van der Waals surface area (Å²) < 4.78 is 7.74. The molecule has 3 heterocycles. The molecule has 1 aliphatic rings. The second-order valence-corrected chi connectivity index (χ2v) is 9.57. The number of rotatable bonds is 8. The molecular formula is C29H29N5O2S. The Morgan fingerprint density at radius 1 is 1.05 bits per heavy atom. The first-order valence-corrected chi connectivity index (χ1v) is 12.7. The predicted molar refractivity (Wildman–Crippen MR) is 150 cm³/mol. The Morgan fingerprint density at radius 3 is 2.49 bits per heavy atom. The monoisotopic (exact) mass is 511 g/mol. The SMILES string of the molecule is CC(C)n1ccc(C2C(c3ccccn3)NC(=S)N2c2ccc(NC(=O)COc3ccccc3)cc2)c1. The molecule has 0 spiro atoms. The molecule has 2 aromatic carbocycles. The molecule has 7 nitrogen and oxygen atoms in total. The Bertz CT molecular complexity index is 1360. The number of pyridine rings is 1. The first kappa shape index (κ1) is 24.5. The number of amides is 1. The number of nitrogens with one attached hydrogen (secondary N) is 2. The number of hydrogen-bond donors (Lipinski definition) is 2. The van der Waals surface area contributed by atoms with Crippen LogP contribution in [0, 0.1) is 0 Å². The molecule has 0 bridgehead atoms. The van der Waals surface area contributed by atoms with Crippen LogP contribution in [0.15, 0.2) is 97.5 Å². The number of carbonyl (C=O) groups excluding carboxylic acids is 1. The third-order valence-corrected chi connectivity index (χ3v) is 6.63. The van der Waals surface area contributed by atoms with E-state index in [1.807, 2.05) is 72.8 Å². The van der Waals surface area contributed by atoms with Crippen LogP contribution in [0.4, 0.5) is 11.4 Å². The molecule has 0 radical (unpaired) electrons. The summed E-state index contributed by atoms with van der Waals surface area (Å²) in [6.07, 6.45) is 6.08. The van der Waals surface area contributed by atoms with Gasteiger partial charge in [0, 0.05) is 36.0 Å². The van der Waals surface area contributed by atoms with Crippen molar-refractivity contribution in [3.8, 4) is 5.75 Å². The average Bonchev–Trinajstić information content (AvgIpc) is 3.54. The lowest BCUT2D eigenvalue weighted by atomic mass is 9.98. The lowest BCUT2D eigenvalue weighted by molar-refractivity contribution is -0.118. The second-order valence-electron chi connectivity index (χ2n) is 9.18. The third kappa shape index (κ3) is 5.49. The van der Waals surface area contributed by atoms with Crippen LogP contribution in [0.3, 0.4) is 0 Å². The van der Waals surface area contributed by atoms with Crippen molar-refractivity contribution in [2.45, 2.75) is 32.0 Å². The minimum Gasteiger partial charge on any atom is -0.484 e. The van der Waals surface area contributed by atoms with Crippen molar-refractivity contribution < 1.29 is 9.53 Å². The van der Waals surface area contributed by atoms with Crippen LogP contribution >= 0.6 is 12.2 Å². The zero-order valence-electron chi connectivity index (χ0n) is 20.7. The van der Waals surface area contributed by atoms with E-state index in [1.165, 1.54) is 0 Å². The standard InChI is InChI=1S/C29H29N5O2S/c1-20(2)33-17-15-21(18-33)28-27(25-10-6-7-16-30-25)32-29(37)34(28)23-13-11-22(12-14-23)31-26(35)19-36-24-8-4-3-5-9-24/h3-18,20,27-28H,19H2,1-2H3,(H,31,35)(H,32,37). The number of para-hydroxylation sites is 1. The van der Waals surface area contributed by atoms with E-state index in [0.29, 0.717) is 22.6 Å². The van der Waals surface area contributed by atoms with Gasteiger partial charge in [-0.05, 0) is 86.2 Å². The summed E-state index contributed by atoms with van der Waals surface area (Å²) >= 11 is 5.81. The van der Waals surface area contributed by atoms with Crippen LogP contribution in [0.1, 0.15) is 43.2 Å². The van der Waals surface area contributed by atoms with Crippen molar-refractivity contribution in [3.05, 3.63) is 109 Å². The molecule has 4 aromatic rings. The molecule has 37 heavy (non-hydrogen) atoms. The van der Waals surface area contributed by atoms with Gasteiger partial charge in [-0.25, -0.2) is 0 Å². The minimum absolute atomic E-state index is 0.0629. The van der Waals surface area contributed by atoms with E-state index < -0.39 is 0 Å². The summed E-state index contributed by atoms with van der Waals surface area (Å²) in [5.41, 5.74) is 3.69. The van der Waals surface area contributed by atoms with Crippen molar-refractivity contribution >= 4 is 34.6 Å². The van der Waals surface area contributed by atoms with Gasteiger partial charge in [-0.1, -0.05) is 24.3 Å². The summed E-state index contributed by atoms with van der Waals surface area (Å²) in [5.74, 6) is 0.431. The summed E-state index contributed by atoms with van der Waals surface area (Å²) in [5, 5.41) is 7.01. The highest BCUT2D eigenvalue weighted by Gasteiger charge is 2.41. The van der Waals surface area contributed by atoms with Crippen molar-refractivity contribution in [2.75, 3.05) is 16.8 Å². The molecule has 188 valence electrons. The topological polar surface area (TPSA) is 71.4 Å². The molecular weight excluding hydrogens is 482 g/mol. The van der Waals surface area contributed by atoms with E-state index >= 15 is 0 Å². The lowest BCUT2D eigenvalue weighted by Crippen LogP contribution is -2.29. The Balaban J connectivity index is 1.36. The van der Waals surface area contributed by atoms with Gasteiger partial charge in [0.05, 0.1) is 17.8 Å². The second kappa shape index (κ2) is 10.8. The van der Waals surface area contributed by atoms with Gasteiger partial charge in [0.15, 0.2) is 11.7 Å². The predicted octanol–water partition coefficient (Wildman–Crippen LogP) is 5.66. The largest absolute Gasteiger partial charge is 0.484 e. The zero-order valence-corrected chi connectivity index (χ0v) is 21.6. The van der Waals surface area contributed by atoms with Crippen molar-refractivity contribution in [1.29, 1.82) is 0 Å². The smallest absolute Gasteiger partial charge is 0.262 e. The highest BCUT2D eigenvalue weighted by Crippen LogP contribution is 2.42. The van der Waals surface area contributed by atoms with Gasteiger partial charge in [-0.2, -0.15) is 0 Å². The zero-order chi connectivity index (χ0) is 25.8. The third-order valence-electron chi connectivity index (χ3n) is 6.32. The summed E-state index contributed by atoms with van der Waals surface area (Å²) in [7, 11) is 0. The molecule has 8 heteroatoms. The molecule has 2 N–H and O–H groups in total. The molecule has 1 amide bonds. The first-order chi connectivity index (χ1) is 18.0. The number of benzene rings is 2. The highest BCUT2D eigenvalue weighted by molar-refractivity contribution is 7.80. The molecule has 2 aromatic heterocycles. The van der Waals surface area contributed by atoms with Crippen LogP contribution in [0.25, 0.3) is 0 Å². The molecule has 2 atom stereocenters. The van der Waals surface area contributed by atoms with Crippen LogP contribution < -0.4 is 20.3 Å². The number of ether oxygens (including phenoxy) is 1. The Kier molecular flexibility index (Phi) is 7.18. The van der Waals surface area contributed by atoms with Crippen molar-refractivity contribution in [2.24, 2.45) is 0 Å². The molecule has 1 saturated heterocycles. The lowest BCUT2D eigenvalue weighted by Gasteiger charge is -2.27. The van der Waals surface area contributed by atoms with E-state index in [9.17, 15) is 4.79 Å². The van der Waals surface area contributed by atoms with E-state index in [0.717, 1.165) is 16.9 Å². The van der Waals surface area contributed by atoms with Crippen molar-refractivity contribution in [1.82, 2.24) is 14.9 Å². The fourth-order valence-electron chi connectivity index (χ4n) is 4.47. The van der Waals surface area contributed by atoms with Crippen LogP contribution in [-0.4, -0.2) is 27.2 Å². The van der Waals surface area contributed by atoms with E-state index in [4.69, 9.17) is 17.0 Å². The molecule has 0 aliphatic carbocycles. The van der Waals surface area contributed by atoms with Crippen LogP contribution in [-0.2, 0) is 4.79 Å². The number of hydrogen-bond acceptors (Lipinski definition) is 4. The molecule has 5 rings (SSSR count). The summed E-state index contributed by atoms with van der Waals surface area (Å²) in [6, 6.07) is 25.2. The normalized spacial score (nSPS) is 17.1. The maximum atomic E-state index is 12.4. The summed E-state index contributed by atoms with van der Waals surface area (Å²) in [4.78, 5) is 19.1. The number of anilines is 2. The maximum Gasteiger partial charge on any atom is 0.262 e. The fourth-order valence-corrected chi connectivity index (χ4v) is 4.81. The Labute approximate surface area is 222 Å². The van der Waals surface area contributed by atoms with Gasteiger partial charge in [0.2, 0.25) is 0 Å². The van der Waals surface area contributed by atoms with Gasteiger partial charge in [-0.15, -0.1) is 0 Å². The number of aromatic nitrogens is 2. The van der Waals surface area contributed by atoms with Gasteiger partial charge in [0.25, 0.3) is 5.91 Å². The minimum atomic E-state index is -0.224. The quantitative estimate of drug-likeness (QED) is 0.298. The van der Waals surface area contributed by atoms with Crippen molar-refractivity contribution in [3.63, 3.8) is 0 Å². The van der Waals surface area contributed by atoms with E-state index in [1.54, 1.807) is 6.20 Å². The average molecular weight is 512 g/mol. The van der Waals surface area contributed by atoms with Gasteiger partial charge >= 0.3 is 0 Å².